The van der Waals surface area contributed by atoms with E-state index in [0.717, 1.165) is 18.8 Å². The fourth-order valence-corrected chi connectivity index (χ4v) is 1.36. The molecule has 0 aromatic heterocycles. The van der Waals surface area contributed by atoms with Crippen LogP contribution in [0, 0.1) is 25.8 Å². The summed E-state index contributed by atoms with van der Waals surface area (Å²) in [5.41, 5.74) is 2.35. The van der Waals surface area contributed by atoms with Crippen molar-refractivity contribution >= 4 is 23.1 Å². The average Bonchev–Trinajstić information content (AvgIpc) is 2.09. The zero-order valence-corrected chi connectivity index (χ0v) is 13.6. The summed E-state index contributed by atoms with van der Waals surface area (Å²) in [6, 6.07) is 7.03. The van der Waals surface area contributed by atoms with Crippen LogP contribution >= 0.6 is 0 Å². The largest absolute Gasteiger partial charge is 2.00 e. The molecule has 3 heteroatoms. The molecule has 1 aromatic rings. The molecule has 16 heavy (non-hydrogen) atoms. The minimum absolute atomic E-state index is 0. The van der Waals surface area contributed by atoms with Gasteiger partial charge >= 0.3 is 23.1 Å². The van der Waals surface area contributed by atoms with E-state index in [-0.39, 0.29) is 40.0 Å². The Balaban J connectivity index is 0. The first-order valence-corrected chi connectivity index (χ1v) is 5.21. The summed E-state index contributed by atoms with van der Waals surface area (Å²) < 4.78 is 5.76. The molecule has 0 unspecified atom stereocenters. The second kappa shape index (κ2) is 9.31. The van der Waals surface area contributed by atoms with Crippen LogP contribution in [-0.2, 0) is 0 Å². The van der Waals surface area contributed by atoms with Gasteiger partial charge in [-0.1, -0.05) is 27.7 Å². The van der Waals surface area contributed by atoms with Crippen molar-refractivity contribution in [2.24, 2.45) is 5.92 Å². The fraction of sp³-hybridized carbons (Fsp3) is 0.538. The predicted molar refractivity (Wildman–Crippen MR) is 65.5 cm³/mol. The quantitative estimate of drug-likeness (QED) is 0.568. The molecule has 0 atom stereocenters. The molecule has 0 saturated heterocycles. The van der Waals surface area contributed by atoms with Crippen molar-refractivity contribution in [3.8, 4) is 5.75 Å². The number of halogens is 1. The van der Waals surface area contributed by atoms with Gasteiger partial charge in [0.25, 0.3) is 0 Å². The summed E-state index contributed by atoms with van der Waals surface area (Å²) in [5, 5.41) is 0. The van der Waals surface area contributed by atoms with E-state index in [4.69, 9.17) is 4.74 Å². The number of rotatable bonds is 4. The third kappa shape index (κ3) is 6.11. The van der Waals surface area contributed by atoms with Crippen molar-refractivity contribution < 1.29 is 21.7 Å². The molecule has 0 heterocycles. The molecule has 0 aliphatic rings. The van der Waals surface area contributed by atoms with Crippen LogP contribution in [-0.4, -0.2) is 29.7 Å². The van der Waals surface area contributed by atoms with Crippen LogP contribution in [0.1, 0.15) is 31.4 Å². The maximum atomic E-state index is 5.76. The number of aryl methyl sites for hydroxylation is 2. The van der Waals surface area contributed by atoms with Crippen molar-refractivity contribution in [1.82, 2.24) is 0 Å². The summed E-state index contributed by atoms with van der Waals surface area (Å²) in [5.74, 6) is 1.73. The van der Waals surface area contributed by atoms with Gasteiger partial charge in [-0.15, -0.1) is 11.1 Å². The first-order chi connectivity index (χ1) is 6.61. The van der Waals surface area contributed by atoms with Crippen molar-refractivity contribution in [1.29, 1.82) is 0 Å². The van der Waals surface area contributed by atoms with Crippen LogP contribution < -0.4 is 21.7 Å². The Hall–Kier alpha value is 0.266. The van der Waals surface area contributed by atoms with E-state index in [1.165, 1.54) is 11.1 Å². The van der Waals surface area contributed by atoms with Gasteiger partial charge in [0, 0.05) is 5.75 Å². The van der Waals surface area contributed by atoms with Crippen LogP contribution in [0.15, 0.2) is 12.1 Å². The van der Waals surface area contributed by atoms with Gasteiger partial charge in [0.15, 0.2) is 0 Å². The Labute approximate surface area is 126 Å². The first kappa shape index (κ1) is 18.6. The minimum atomic E-state index is 0. The second-order valence-corrected chi connectivity index (χ2v) is 4.18. The summed E-state index contributed by atoms with van der Waals surface area (Å²) in [7, 11) is 0. The topological polar surface area (TPSA) is 9.23 Å². The van der Waals surface area contributed by atoms with Crippen molar-refractivity contribution in [2.75, 3.05) is 6.61 Å². The Morgan fingerprint density at radius 1 is 1.19 bits per heavy atom. The van der Waals surface area contributed by atoms with E-state index in [9.17, 15) is 0 Å². The smallest absolute Gasteiger partial charge is 1.00 e. The Morgan fingerprint density at radius 2 is 1.69 bits per heavy atom. The van der Waals surface area contributed by atoms with Crippen LogP contribution in [0.4, 0.5) is 0 Å². The van der Waals surface area contributed by atoms with E-state index in [0.29, 0.717) is 5.92 Å². The molecule has 0 spiro atoms. The first-order valence-electron chi connectivity index (χ1n) is 5.21. The number of ether oxygens (including phenoxy) is 1. The van der Waals surface area contributed by atoms with E-state index in [1.54, 1.807) is 0 Å². The predicted octanol–water partition coefficient (Wildman–Crippen LogP) is 0.152. The molecule has 0 aliphatic carbocycles. The molecule has 0 bridgehead atoms. The third-order valence-corrected chi connectivity index (χ3v) is 2.26. The molecule has 1 rings (SSSR count). The molecule has 0 fully saturated rings. The van der Waals surface area contributed by atoms with E-state index < -0.39 is 0 Å². The molecule has 1 nitrogen and oxygen atoms in total. The Bertz CT molecular complexity index is 280. The standard InChI is InChI=1S/C13H19O.BrH.Mg/c1-10(2)8-9-14-13-11(3)6-5-7-12(13)4;;/h6-7,10H,8-9H2,1-4H3;1H;/q-1;;+2/p-1. The van der Waals surface area contributed by atoms with Gasteiger partial charge in [0.2, 0.25) is 0 Å². The van der Waals surface area contributed by atoms with Gasteiger partial charge in [-0.05, 0) is 12.3 Å². The van der Waals surface area contributed by atoms with E-state index >= 15 is 0 Å². The van der Waals surface area contributed by atoms with E-state index in [1.807, 2.05) is 12.1 Å². The average molecular weight is 296 g/mol. The molecule has 0 N–H and O–H groups in total. The van der Waals surface area contributed by atoms with Crippen LogP contribution in [0.25, 0.3) is 0 Å². The van der Waals surface area contributed by atoms with Gasteiger partial charge in [-0.2, -0.15) is 18.2 Å². The monoisotopic (exact) mass is 294 g/mol. The molecule has 0 saturated carbocycles. The number of benzene rings is 1. The van der Waals surface area contributed by atoms with Crippen molar-refractivity contribution in [2.45, 2.75) is 34.1 Å². The molecule has 86 valence electrons. The van der Waals surface area contributed by atoms with Crippen LogP contribution in [0.2, 0.25) is 0 Å². The fourth-order valence-electron chi connectivity index (χ4n) is 1.36. The van der Waals surface area contributed by atoms with Gasteiger partial charge in [0.05, 0.1) is 6.61 Å². The SMILES string of the molecule is Cc1c[c-]cc(C)c1OCCC(C)C.[Br-].[Mg+2]. The Kier molecular flexibility index (Phi) is 10.8. The maximum absolute atomic E-state index is 5.76. The minimum Gasteiger partial charge on any atom is -1.00 e. The normalized spacial score (nSPS) is 9.31. The molecular formula is C13H19BrMgO. The molecule has 0 radical (unpaired) electrons. The summed E-state index contributed by atoms with van der Waals surface area (Å²) >= 11 is 0. The van der Waals surface area contributed by atoms with Crippen LogP contribution in [0.3, 0.4) is 0 Å². The number of hydrogen-bond acceptors (Lipinski definition) is 1. The van der Waals surface area contributed by atoms with Crippen LogP contribution in [0.5, 0.6) is 5.75 Å². The van der Waals surface area contributed by atoms with Gasteiger partial charge in [-0.3, -0.25) is 0 Å². The number of hydrogen-bond donors (Lipinski definition) is 0. The van der Waals surface area contributed by atoms with Gasteiger partial charge < -0.3 is 21.7 Å². The maximum Gasteiger partial charge on any atom is 2.00 e. The second-order valence-electron chi connectivity index (χ2n) is 4.18. The molecule has 1 aromatic carbocycles. The van der Waals surface area contributed by atoms with Gasteiger partial charge in [-0.25, -0.2) is 0 Å². The molecule has 0 aliphatic heterocycles. The van der Waals surface area contributed by atoms with Gasteiger partial charge in [0.1, 0.15) is 0 Å². The summed E-state index contributed by atoms with van der Waals surface area (Å²) in [6.45, 7) is 9.36. The van der Waals surface area contributed by atoms with E-state index in [2.05, 4.69) is 33.8 Å². The zero-order chi connectivity index (χ0) is 10.6. The molecule has 0 amide bonds. The van der Waals surface area contributed by atoms with Crippen molar-refractivity contribution in [3.63, 3.8) is 0 Å². The summed E-state index contributed by atoms with van der Waals surface area (Å²) in [6.07, 6.45) is 1.11. The Morgan fingerprint density at radius 3 is 2.12 bits per heavy atom. The third-order valence-electron chi connectivity index (χ3n) is 2.26. The summed E-state index contributed by atoms with van der Waals surface area (Å²) in [4.78, 5) is 0. The van der Waals surface area contributed by atoms with Crippen molar-refractivity contribution in [3.05, 3.63) is 29.3 Å². The molecular weight excluding hydrogens is 276 g/mol. The zero-order valence-electron chi connectivity index (χ0n) is 10.6.